The number of hydrogen-bond acceptors (Lipinski definition) is 5. The third kappa shape index (κ3) is 5.24. The molecular weight excluding hydrogens is 389 g/mol. The van der Waals surface area contributed by atoms with Gasteiger partial charge in [-0.25, -0.2) is 9.18 Å². The smallest absolute Gasteiger partial charge is 0.375 e. The molecule has 0 fully saturated rings. The number of benzene rings is 2. The SMILES string of the molecule is CCOCc1c(C(=O)O[C@H](C)C(=O)NCCc2ccc(F)cc2)oc2ccccc12. The summed E-state index contributed by atoms with van der Waals surface area (Å²) in [5.41, 5.74) is 2.04. The van der Waals surface area contributed by atoms with Gasteiger partial charge in [-0.05, 0) is 44.0 Å². The van der Waals surface area contributed by atoms with E-state index in [1.54, 1.807) is 18.2 Å². The molecule has 3 aromatic rings. The Bertz CT molecular complexity index is 1010. The summed E-state index contributed by atoms with van der Waals surface area (Å²) in [4.78, 5) is 24.9. The van der Waals surface area contributed by atoms with E-state index in [0.717, 1.165) is 10.9 Å². The summed E-state index contributed by atoms with van der Waals surface area (Å²) >= 11 is 0. The Hall–Kier alpha value is -3.19. The van der Waals surface area contributed by atoms with Crippen LogP contribution in [-0.2, 0) is 27.3 Å². The van der Waals surface area contributed by atoms with E-state index in [1.807, 2.05) is 25.1 Å². The Morgan fingerprint density at radius 2 is 1.87 bits per heavy atom. The van der Waals surface area contributed by atoms with E-state index in [9.17, 15) is 14.0 Å². The quantitative estimate of drug-likeness (QED) is 0.536. The topological polar surface area (TPSA) is 77.8 Å². The van der Waals surface area contributed by atoms with Crippen LogP contribution < -0.4 is 5.32 Å². The van der Waals surface area contributed by atoms with Crippen LogP contribution in [0.2, 0.25) is 0 Å². The third-order valence-corrected chi connectivity index (χ3v) is 4.61. The summed E-state index contributed by atoms with van der Waals surface area (Å²) in [5.74, 6) is -1.41. The molecule has 0 saturated carbocycles. The van der Waals surface area contributed by atoms with Crippen LogP contribution in [0.25, 0.3) is 11.0 Å². The second-order valence-electron chi connectivity index (χ2n) is 6.76. The number of rotatable bonds is 9. The Kier molecular flexibility index (Phi) is 7.19. The van der Waals surface area contributed by atoms with Crippen molar-refractivity contribution in [1.29, 1.82) is 0 Å². The molecule has 0 aliphatic rings. The van der Waals surface area contributed by atoms with Gasteiger partial charge in [0, 0.05) is 24.1 Å². The number of fused-ring (bicyclic) bond motifs is 1. The molecule has 30 heavy (non-hydrogen) atoms. The molecule has 0 aliphatic carbocycles. The van der Waals surface area contributed by atoms with Gasteiger partial charge in [0.05, 0.1) is 6.61 Å². The fourth-order valence-corrected chi connectivity index (χ4v) is 3.00. The van der Waals surface area contributed by atoms with Gasteiger partial charge >= 0.3 is 5.97 Å². The first-order valence-corrected chi connectivity index (χ1v) is 9.81. The fraction of sp³-hybridized carbons (Fsp3) is 0.304. The van der Waals surface area contributed by atoms with E-state index in [-0.39, 0.29) is 18.2 Å². The van der Waals surface area contributed by atoms with Gasteiger partial charge in [0.2, 0.25) is 5.76 Å². The predicted octanol–water partition coefficient (Wildman–Crippen LogP) is 4.01. The molecule has 1 amide bonds. The maximum atomic E-state index is 12.9. The van der Waals surface area contributed by atoms with Gasteiger partial charge in [-0.1, -0.05) is 30.3 Å². The Morgan fingerprint density at radius 3 is 2.60 bits per heavy atom. The summed E-state index contributed by atoms with van der Waals surface area (Å²) in [6.07, 6.45) is -0.465. The van der Waals surface area contributed by atoms with E-state index in [0.29, 0.717) is 30.7 Å². The second kappa shape index (κ2) is 10.0. The number of nitrogens with one attached hydrogen (secondary N) is 1. The minimum absolute atomic E-state index is 0.0376. The summed E-state index contributed by atoms with van der Waals surface area (Å²) < 4.78 is 29.4. The molecule has 1 atom stereocenters. The number of para-hydroxylation sites is 1. The molecule has 1 aromatic heterocycles. The maximum absolute atomic E-state index is 12.9. The first-order valence-electron chi connectivity index (χ1n) is 9.81. The molecule has 2 aromatic carbocycles. The number of carbonyl (C=O) groups is 2. The van der Waals surface area contributed by atoms with E-state index in [4.69, 9.17) is 13.9 Å². The van der Waals surface area contributed by atoms with Crippen molar-refractivity contribution in [1.82, 2.24) is 5.32 Å². The van der Waals surface area contributed by atoms with Gasteiger partial charge in [-0.2, -0.15) is 0 Å². The lowest BCUT2D eigenvalue weighted by molar-refractivity contribution is -0.129. The number of amides is 1. The average molecular weight is 413 g/mol. The lowest BCUT2D eigenvalue weighted by Crippen LogP contribution is -2.37. The summed E-state index contributed by atoms with van der Waals surface area (Å²) in [6.45, 7) is 4.39. The molecule has 0 radical (unpaired) electrons. The molecule has 0 aliphatic heterocycles. The highest BCUT2D eigenvalue weighted by Gasteiger charge is 2.25. The molecule has 0 unspecified atom stereocenters. The molecular formula is C23H24FNO5. The van der Waals surface area contributed by atoms with Crippen LogP contribution in [0.3, 0.4) is 0 Å². The van der Waals surface area contributed by atoms with Crippen LogP contribution in [0.4, 0.5) is 4.39 Å². The van der Waals surface area contributed by atoms with E-state index < -0.39 is 18.0 Å². The highest BCUT2D eigenvalue weighted by Crippen LogP contribution is 2.27. The Labute approximate surface area is 174 Å². The van der Waals surface area contributed by atoms with Crippen LogP contribution >= 0.6 is 0 Å². The number of furan rings is 1. The van der Waals surface area contributed by atoms with Crippen LogP contribution in [0.15, 0.2) is 52.9 Å². The average Bonchev–Trinajstić information content (AvgIpc) is 3.12. The molecule has 158 valence electrons. The van der Waals surface area contributed by atoms with Gasteiger partial charge in [0.1, 0.15) is 11.4 Å². The first kappa shape index (κ1) is 21.5. The van der Waals surface area contributed by atoms with E-state index in [2.05, 4.69) is 5.32 Å². The highest BCUT2D eigenvalue weighted by molar-refractivity contribution is 5.97. The predicted molar refractivity (Wildman–Crippen MR) is 110 cm³/mol. The molecule has 1 N–H and O–H groups in total. The van der Waals surface area contributed by atoms with Crippen molar-refractivity contribution in [2.75, 3.05) is 13.2 Å². The summed E-state index contributed by atoms with van der Waals surface area (Å²) in [5, 5.41) is 3.49. The van der Waals surface area contributed by atoms with Crippen LogP contribution in [0.1, 0.15) is 35.5 Å². The van der Waals surface area contributed by atoms with Crippen molar-refractivity contribution in [3.05, 3.63) is 71.2 Å². The van der Waals surface area contributed by atoms with Crippen molar-refractivity contribution in [2.24, 2.45) is 0 Å². The Morgan fingerprint density at radius 1 is 1.13 bits per heavy atom. The van der Waals surface area contributed by atoms with Crippen molar-refractivity contribution in [3.8, 4) is 0 Å². The fourth-order valence-electron chi connectivity index (χ4n) is 3.00. The number of halogens is 1. The number of hydrogen-bond donors (Lipinski definition) is 1. The summed E-state index contributed by atoms with van der Waals surface area (Å²) in [6, 6.07) is 13.3. The third-order valence-electron chi connectivity index (χ3n) is 4.61. The van der Waals surface area contributed by atoms with Gasteiger partial charge in [-0.15, -0.1) is 0 Å². The van der Waals surface area contributed by atoms with E-state index in [1.165, 1.54) is 19.1 Å². The number of carbonyl (C=O) groups excluding carboxylic acids is 2. The lowest BCUT2D eigenvalue weighted by Gasteiger charge is -2.13. The zero-order valence-corrected chi connectivity index (χ0v) is 16.9. The van der Waals surface area contributed by atoms with Crippen LogP contribution in [0.5, 0.6) is 0 Å². The molecule has 0 spiro atoms. The number of ether oxygens (including phenoxy) is 2. The largest absolute Gasteiger partial charge is 0.449 e. The van der Waals surface area contributed by atoms with Crippen molar-refractivity contribution >= 4 is 22.8 Å². The van der Waals surface area contributed by atoms with Crippen molar-refractivity contribution in [3.63, 3.8) is 0 Å². The van der Waals surface area contributed by atoms with Crippen LogP contribution in [-0.4, -0.2) is 31.1 Å². The monoisotopic (exact) mass is 413 g/mol. The van der Waals surface area contributed by atoms with Crippen molar-refractivity contribution < 1.29 is 27.9 Å². The molecule has 0 bridgehead atoms. The minimum Gasteiger partial charge on any atom is -0.449 e. The van der Waals surface area contributed by atoms with Crippen LogP contribution in [0, 0.1) is 5.82 Å². The van der Waals surface area contributed by atoms with Crippen molar-refractivity contribution in [2.45, 2.75) is 33.0 Å². The highest BCUT2D eigenvalue weighted by atomic mass is 19.1. The lowest BCUT2D eigenvalue weighted by atomic mass is 10.1. The second-order valence-corrected chi connectivity index (χ2v) is 6.76. The van der Waals surface area contributed by atoms with Gasteiger partial charge < -0.3 is 19.2 Å². The summed E-state index contributed by atoms with van der Waals surface area (Å²) in [7, 11) is 0. The molecule has 1 heterocycles. The molecule has 3 rings (SSSR count). The normalized spacial score (nSPS) is 12.0. The first-order chi connectivity index (χ1) is 14.5. The van der Waals surface area contributed by atoms with E-state index >= 15 is 0 Å². The molecule has 6 nitrogen and oxygen atoms in total. The molecule has 0 saturated heterocycles. The Balaban J connectivity index is 1.60. The molecule has 7 heteroatoms. The minimum atomic E-state index is -1.00. The zero-order chi connectivity index (χ0) is 21.5. The zero-order valence-electron chi connectivity index (χ0n) is 16.9. The van der Waals surface area contributed by atoms with Gasteiger partial charge in [-0.3, -0.25) is 4.79 Å². The standard InChI is InChI=1S/C23H24FNO5/c1-3-28-14-19-18-6-4-5-7-20(18)30-21(19)23(27)29-15(2)22(26)25-13-12-16-8-10-17(24)11-9-16/h4-11,15H,3,12-14H2,1-2H3,(H,25,26)/t15-/m1/s1. The maximum Gasteiger partial charge on any atom is 0.375 e. The van der Waals surface area contributed by atoms with Gasteiger partial charge in [0.25, 0.3) is 5.91 Å². The number of esters is 1. The van der Waals surface area contributed by atoms with Gasteiger partial charge in [0.15, 0.2) is 6.10 Å².